The Morgan fingerprint density at radius 2 is 2.33 bits per heavy atom. The van der Waals surface area contributed by atoms with E-state index >= 15 is 0 Å². The van der Waals surface area contributed by atoms with E-state index in [1.807, 2.05) is 4.90 Å². The molecule has 0 spiro atoms. The Hall–Kier alpha value is -0.830. The van der Waals surface area contributed by atoms with Gasteiger partial charge in [-0.25, -0.2) is 0 Å². The third-order valence-electron chi connectivity index (χ3n) is 3.46. The molecule has 2 unspecified atom stereocenters. The first-order valence-corrected chi connectivity index (χ1v) is 5.88. The number of aliphatic hydroxyl groups is 1. The molecule has 0 saturated carbocycles. The van der Waals surface area contributed by atoms with Gasteiger partial charge in [-0.15, -0.1) is 0 Å². The number of carbonyl (C=O) groups is 1. The minimum atomic E-state index is 0.0860. The zero-order valence-corrected chi connectivity index (χ0v) is 9.06. The average molecular weight is 209 g/mol. The van der Waals surface area contributed by atoms with E-state index in [4.69, 9.17) is 5.11 Å². The van der Waals surface area contributed by atoms with Gasteiger partial charge >= 0.3 is 0 Å². The Labute approximate surface area is 90.8 Å². The minimum Gasteiger partial charge on any atom is -0.394 e. The number of aliphatic hydroxyl groups excluding tert-OH is 1. The van der Waals surface area contributed by atoms with Crippen molar-refractivity contribution in [3.63, 3.8) is 0 Å². The van der Waals surface area contributed by atoms with Gasteiger partial charge in [0.25, 0.3) is 0 Å². The maximum atomic E-state index is 12.0. The molecule has 2 aliphatic rings. The van der Waals surface area contributed by atoms with Crippen molar-refractivity contribution in [2.24, 2.45) is 5.92 Å². The van der Waals surface area contributed by atoms with Crippen LogP contribution < -0.4 is 0 Å². The first-order valence-electron chi connectivity index (χ1n) is 5.88. The molecule has 2 atom stereocenters. The Kier molecular flexibility index (Phi) is 3.41. The van der Waals surface area contributed by atoms with Gasteiger partial charge in [0.05, 0.1) is 12.6 Å². The first kappa shape index (κ1) is 10.7. The van der Waals surface area contributed by atoms with Crippen LogP contribution in [-0.2, 0) is 4.79 Å². The molecular weight excluding hydrogens is 190 g/mol. The van der Waals surface area contributed by atoms with Gasteiger partial charge in [0.15, 0.2) is 0 Å². The standard InChI is InChI=1S/C12H19NO2/c14-9-11-6-3-7-13(11)12(15)8-10-4-1-2-5-10/h1,4,10-11,14H,2-3,5-9H2. The Morgan fingerprint density at radius 1 is 1.47 bits per heavy atom. The number of nitrogens with zero attached hydrogens (tertiary/aromatic N) is 1. The second-order valence-corrected chi connectivity index (χ2v) is 4.54. The van der Waals surface area contributed by atoms with Crippen LogP contribution >= 0.6 is 0 Å². The van der Waals surface area contributed by atoms with Crippen molar-refractivity contribution in [1.82, 2.24) is 4.90 Å². The molecule has 0 radical (unpaired) electrons. The topological polar surface area (TPSA) is 40.5 Å². The van der Waals surface area contributed by atoms with Crippen molar-refractivity contribution in [2.75, 3.05) is 13.2 Å². The second-order valence-electron chi connectivity index (χ2n) is 4.54. The summed E-state index contributed by atoms with van der Waals surface area (Å²) in [6.45, 7) is 0.951. The summed E-state index contributed by atoms with van der Waals surface area (Å²) in [5.74, 6) is 0.667. The van der Waals surface area contributed by atoms with E-state index in [2.05, 4.69) is 12.2 Å². The van der Waals surface area contributed by atoms with Gasteiger partial charge < -0.3 is 10.0 Å². The molecule has 1 N–H and O–H groups in total. The van der Waals surface area contributed by atoms with Crippen molar-refractivity contribution < 1.29 is 9.90 Å². The minimum absolute atomic E-state index is 0.0860. The molecule has 1 aliphatic carbocycles. The molecule has 1 amide bonds. The second kappa shape index (κ2) is 4.79. The predicted octanol–water partition coefficient (Wildman–Crippen LogP) is 1.33. The third kappa shape index (κ3) is 2.40. The Balaban J connectivity index is 1.86. The summed E-state index contributed by atoms with van der Waals surface area (Å²) >= 11 is 0. The fourth-order valence-corrected chi connectivity index (χ4v) is 2.56. The lowest BCUT2D eigenvalue weighted by Gasteiger charge is -2.24. The van der Waals surface area contributed by atoms with Crippen molar-refractivity contribution in [1.29, 1.82) is 0 Å². The highest BCUT2D eigenvalue weighted by Crippen LogP contribution is 2.24. The number of allylic oxidation sites excluding steroid dienone is 2. The maximum Gasteiger partial charge on any atom is 0.223 e. The molecular formula is C12H19NO2. The highest BCUT2D eigenvalue weighted by Gasteiger charge is 2.29. The monoisotopic (exact) mass is 209 g/mol. The molecule has 1 fully saturated rings. The smallest absolute Gasteiger partial charge is 0.223 e. The third-order valence-corrected chi connectivity index (χ3v) is 3.46. The summed E-state index contributed by atoms with van der Waals surface area (Å²) in [7, 11) is 0. The molecule has 1 saturated heterocycles. The van der Waals surface area contributed by atoms with Crippen molar-refractivity contribution >= 4 is 5.91 Å². The predicted molar refractivity (Wildman–Crippen MR) is 58.3 cm³/mol. The van der Waals surface area contributed by atoms with Crippen LogP contribution in [-0.4, -0.2) is 35.1 Å². The van der Waals surface area contributed by atoms with Crippen LogP contribution in [0.1, 0.15) is 32.1 Å². The summed E-state index contributed by atoms with van der Waals surface area (Å²) in [5.41, 5.74) is 0. The lowest BCUT2D eigenvalue weighted by molar-refractivity contribution is -0.133. The summed E-state index contributed by atoms with van der Waals surface area (Å²) < 4.78 is 0. The first-order chi connectivity index (χ1) is 7.31. The number of hydrogen-bond donors (Lipinski definition) is 1. The number of amides is 1. The van der Waals surface area contributed by atoms with Gasteiger partial charge in [0.1, 0.15) is 0 Å². The highest BCUT2D eigenvalue weighted by molar-refractivity contribution is 5.77. The normalized spacial score (nSPS) is 30.1. The van der Waals surface area contributed by atoms with Crippen LogP contribution in [0.15, 0.2) is 12.2 Å². The van der Waals surface area contributed by atoms with Crippen LogP contribution in [0.5, 0.6) is 0 Å². The fourth-order valence-electron chi connectivity index (χ4n) is 2.56. The molecule has 15 heavy (non-hydrogen) atoms. The summed E-state index contributed by atoms with van der Waals surface area (Å²) in [6, 6.07) is 0.0860. The summed E-state index contributed by atoms with van der Waals surface area (Å²) in [6.07, 6.45) is 9.17. The number of likely N-dealkylation sites (tertiary alicyclic amines) is 1. The largest absolute Gasteiger partial charge is 0.394 e. The van der Waals surface area contributed by atoms with Gasteiger partial charge in [-0.3, -0.25) is 4.79 Å². The summed E-state index contributed by atoms with van der Waals surface area (Å²) in [5, 5.41) is 9.14. The molecule has 1 aliphatic heterocycles. The molecule has 0 aromatic heterocycles. The van der Waals surface area contributed by atoms with Crippen molar-refractivity contribution in [2.45, 2.75) is 38.1 Å². The van der Waals surface area contributed by atoms with Crippen LogP contribution in [0.25, 0.3) is 0 Å². The van der Waals surface area contributed by atoms with E-state index in [9.17, 15) is 4.79 Å². The number of hydrogen-bond acceptors (Lipinski definition) is 2. The number of carbonyl (C=O) groups excluding carboxylic acids is 1. The molecule has 3 nitrogen and oxygen atoms in total. The van der Waals surface area contributed by atoms with Crippen LogP contribution in [0.3, 0.4) is 0 Å². The SMILES string of the molecule is O=C(CC1C=CCC1)N1CCCC1CO. The molecule has 2 rings (SSSR count). The molecule has 1 heterocycles. The van der Waals surface area contributed by atoms with Gasteiger partial charge in [-0.1, -0.05) is 12.2 Å². The van der Waals surface area contributed by atoms with E-state index in [0.717, 1.165) is 32.2 Å². The fraction of sp³-hybridized carbons (Fsp3) is 0.750. The van der Waals surface area contributed by atoms with E-state index < -0.39 is 0 Å². The lowest BCUT2D eigenvalue weighted by atomic mass is 10.0. The van der Waals surface area contributed by atoms with Gasteiger partial charge in [0.2, 0.25) is 5.91 Å². The zero-order valence-electron chi connectivity index (χ0n) is 9.06. The van der Waals surface area contributed by atoms with Gasteiger partial charge in [0, 0.05) is 13.0 Å². The average Bonchev–Trinajstić information content (AvgIpc) is 2.86. The van der Waals surface area contributed by atoms with Crippen LogP contribution in [0.2, 0.25) is 0 Å². The van der Waals surface area contributed by atoms with E-state index in [1.54, 1.807) is 0 Å². The molecule has 0 aromatic carbocycles. The van der Waals surface area contributed by atoms with Crippen molar-refractivity contribution in [3.05, 3.63) is 12.2 Å². The Morgan fingerprint density at radius 3 is 3.00 bits per heavy atom. The van der Waals surface area contributed by atoms with Crippen molar-refractivity contribution in [3.8, 4) is 0 Å². The van der Waals surface area contributed by atoms with Crippen LogP contribution in [0, 0.1) is 5.92 Å². The highest BCUT2D eigenvalue weighted by atomic mass is 16.3. The number of rotatable bonds is 3. The summed E-state index contributed by atoms with van der Waals surface area (Å²) in [4.78, 5) is 13.8. The zero-order chi connectivity index (χ0) is 10.7. The van der Waals surface area contributed by atoms with E-state index in [0.29, 0.717) is 12.3 Å². The quantitative estimate of drug-likeness (QED) is 0.712. The molecule has 0 bridgehead atoms. The Bertz CT molecular complexity index is 262. The van der Waals surface area contributed by atoms with Gasteiger partial charge in [-0.2, -0.15) is 0 Å². The maximum absolute atomic E-state index is 12.0. The molecule has 0 aromatic rings. The molecule has 3 heteroatoms. The molecule has 84 valence electrons. The van der Waals surface area contributed by atoms with Gasteiger partial charge in [-0.05, 0) is 31.6 Å². The van der Waals surface area contributed by atoms with Crippen LogP contribution in [0.4, 0.5) is 0 Å². The van der Waals surface area contributed by atoms with E-state index in [-0.39, 0.29) is 18.6 Å². The lowest BCUT2D eigenvalue weighted by Crippen LogP contribution is -2.38. The van der Waals surface area contributed by atoms with E-state index in [1.165, 1.54) is 0 Å².